The lowest BCUT2D eigenvalue weighted by atomic mass is 10.1. The molecule has 0 atom stereocenters. The number of amides is 1. The third-order valence-corrected chi connectivity index (χ3v) is 6.28. The van der Waals surface area contributed by atoms with Crippen LogP contribution >= 0.6 is 0 Å². The third kappa shape index (κ3) is 5.05. The number of carbonyl (C=O) groups is 1. The molecule has 0 radical (unpaired) electrons. The Kier molecular flexibility index (Phi) is 6.80. The van der Waals surface area contributed by atoms with E-state index >= 15 is 0 Å². The van der Waals surface area contributed by atoms with Gasteiger partial charge in [-0.15, -0.1) is 0 Å². The number of nitrogens with zero attached hydrogens (tertiary/aromatic N) is 1. The van der Waals surface area contributed by atoms with Crippen LogP contribution in [0.2, 0.25) is 0 Å². The van der Waals surface area contributed by atoms with Crippen LogP contribution in [-0.2, 0) is 21.2 Å². The van der Waals surface area contributed by atoms with Crippen molar-refractivity contribution in [3.63, 3.8) is 0 Å². The third-order valence-electron chi connectivity index (χ3n) is 4.36. The first-order valence-electron chi connectivity index (χ1n) is 8.78. The molecule has 1 amide bonds. The minimum atomic E-state index is -3.38. The summed E-state index contributed by atoms with van der Waals surface area (Å²) in [7, 11) is -3.38. The van der Waals surface area contributed by atoms with E-state index in [1.807, 2.05) is 26.0 Å². The molecule has 1 heterocycles. The number of rotatable bonds is 6. The smallest absolute Gasteiger partial charge is 0.243 e. The minimum Gasteiger partial charge on any atom is -0.356 e. The number of hydrogen-bond acceptors (Lipinski definition) is 3. The summed E-state index contributed by atoms with van der Waals surface area (Å²) < 4.78 is 27.0. The van der Waals surface area contributed by atoms with Crippen LogP contribution in [0.15, 0.2) is 29.2 Å². The van der Waals surface area contributed by atoms with E-state index in [0.717, 1.165) is 31.2 Å². The molecular formula is C18H28N2O3S. The number of benzene rings is 1. The Balaban J connectivity index is 1.96. The Labute approximate surface area is 145 Å². The maximum absolute atomic E-state index is 12.7. The van der Waals surface area contributed by atoms with E-state index in [2.05, 4.69) is 5.32 Å². The summed E-state index contributed by atoms with van der Waals surface area (Å²) >= 11 is 0. The lowest BCUT2D eigenvalue weighted by molar-refractivity contribution is -0.123. The quantitative estimate of drug-likeness (QED) is 0.856. The number of nitrogens with one attached hydrogen (secondary N) is 1. The summed E-state index contributed by atoms with van der Waals surface area (Å²) in [6.07, 6.45) is 4.78. The molecule has 1 N–H and O–H groups in total. The van der Waals surface area contributed by atoms with Gasteiger partial charge >= 0.3 is 0 Å². The van der Waals surface area contributed by atoms with E-state index in [9.17, 15) is 13.2 Å². The molecule has 1 aliphatic rings. The van der Waals surface area contributed by atoms with Crippen LogP contribution in [-0.4, -0.2) is 38.3 Å². The maximum Gasteiger partial charge on any atom is 0.243 e. The molecule has 6 heteroatoms. The Morgan fingerprint density at radius 2 is 1.67 bits per heavy atom. The second-order valence-corrected chi connectivity index (χ2v) is 8.60. The molecule has 0 saturated carbocycles. The van der Waals surface area contributed by atoms with Crippen molar-refractivity contribution in [3.05, 3.63) is 29.8 Å². The monoisotopic (exact) mass is 352 g/mol. The van der Waals surface area contributed by atoms with Crippen LogP contribution in [0.25, 0.3) is 0 Å². The van der Waals surface area contributed by atoms with Gasteiger partial charge in [0.25, 0.3) is 0 Å². The highest BCUT2D eigenvalue weighted by Crippen LogP contribution is 2.20. The maximum atomic E-state index is 12.7. The summed E-state index contributed by atoms with van der Waals surface area (Å²) in [6, 6.07) is 7.04. The van der Waals surface area contributed by atoms with Crippen molar-refractivity contribution in [2.45, 2.75) is 50.8 Å². The molecule has 0 unspecified atom stereocenters. The fraction of sp³-hybridized carbons (Fsp3) is 0.611. The van der Waals surface area contributed by atoms with Gasteiger partial charge < -0.3 is 5.32 Å². The zero-order chi connectivity index (χ0) is 17.6. The number of carbonyl (C=O) groups excluding carboxylic acids is 1. The molecule has 0 bridgehead atoms. The lowest BCUT2D eigenvalue weighted by Gasteiger charge is -2.20. The largest absolute Gasteiger partial charge is 0.356 e. The van der Waals surface area contributed by atoms with Gasteiger partial charge in [0.1, 0.15) is 0 Å². The van der Waals surface area contributed by atoms with Crippen molar-refractivity contribution in [3.8, 4) is 0 Å². The van der Waals surface area contributed by atoms with Crippen molar-refractivity contribution >= 4 is 15.9 Å². The fourth-order valence-corrected chi connectivity index (χ4v) is 4.31. The van der Waals surface area contributed by atoms with Gasteiger partial charge in [-0.1, -0.05) is 38.8 Å². The van der Waals surface area contributed by atoms with Crippen LogP contribution < -0.4 is 5.32 Å². The molecule has 0 aromatic heterocycles. The second-order valence-electron chi connectivity index (χ2n) is 6.66. The topological polar surface area (TPSA) is 66.5 Å². The highest BCUT2D eigenvalue weighted by molar-refractivity contribution is 7.89. The number of hydrogen-bond donors (Lipinski definition) is 1. The van der Waals surface area contributed by atoms with E-state index in [0.29, 0.717) is 31.0 Å². The fourth-order valence-electron chi connectivity index (χ4n) is 2.79. The van der Waals surface area contributed by atoms with Gasteiger partial charge in [0.15, 0.2) is 0 Å². The second kappa shape index (κ2) is 8.62. The molecule has 2 rings (SSSR count). The normalized spacial score (nSPS) is 16.8. The van der Waals surface area contributed by atoms with Gasteiger partial charge in [-0.2, -0.15) is 4.31 Å². The van der Waals surface area contributed by atoms with Gasteiger partial charge in [-0.3, -0.25) is 4.79 Å². The van der Waals surface area contributed by atoms with Crippen molar-refractivity contribution in [1.82, 2.24) is 9.62 Å². The van der Waals surface area contributed by atoms with E-state index in [1.54, 1.807) is 16.4 Å². The van der Waals surface area contributed by atoms with E-state index in [4.69, 9.17) is 0 Å². The van der Waals surface area contributed by atoms with Gasteiger partial charge in [-0.05, 0) is 37.0 Å². The minimum absolute atomic E-state index is 0.0221. The molecule has 134 valence electrons. The van der Waals surface area contributed by atoms with E-state index < -0.39 is 10.0 Å². The summed E-state index contributed by atoms with van der Waals surface area (Å²) in [5, 5.41) is 2.87. The van der Waals surface area contributed by atoms with Crippen LogP contribution in [0.3, 0.4) is 0 Å². The predicted molar refractivity (Wildman–Crippen MR) is 95.2 cm³/mol. The summed E-state index contributed by atoms with van der Waals surface area (Å²) in [6.45, 7) is 5.52. The molecular weight excluding hydrogens is 324 g/mol. The van der Waals surface area contributed by atoms with E-state index in [1.165, 1.54) is 0 Å². The van der Waals surface area contributed by atoms with Crippen molar-refractivity contribution < 1.29 is 13.2 Å². The number of sulfonamides is 1. The van der Waals surface area contributed by atoms with Crippen LogP contribution in [0.5, 0.6) is 0 Å². The SMILES string of the molecule is CC(C)C(=O)NCCc1ccc(S(=O)(=O)N2CCCCCC2)cc1. The molecule has 24 heavy (non-hydrogen) atoms. The van der Waals surface area contributed by atoms with Crippen molar-refractivity contribution in [2.75, 3.05) is 19.6 Å². The van der Waals surface area contributed by atoms with Crippen molar-refractivity contribution in [2.24, 2.45) is 5.92 Å². The highest BCUT2D eigenvalue weighted by atomic mass is 32.2. The highest BCUT2D eigenvalue weighted by Gasteiger charge is 2.24. The summed E-state index contributed by atoms with van der Waals surface area (Å²) in [5.41, 5.74) is 1.02. The van der Waals surface area contributed by atoms with Gasteiger partial charge in [0.2, 0.25) is 15.9 Å². The van der Waals surface area contributed by atoms with Gasteiger partial charge in [-0.25, -0.2) is 8.42 Å². The molecule has 1 aliphatic heterocycles. The first-order chi connectivity index (χ1) is 11.4. The Bertz CT molecular complexity index is 631. The molecule has 5 nitrogen and oxygen atoms in total. The van der Waals surface area contributed by atoms with Crippen LogP contribution in [0.1, 0.15) is 45.1 Å². The van der Waals surface area contributed by atoms with Crippen LogP contribution in [0.4, 0.5) is 0 Å². The first-order valence-corrected chi connectivity index (χ1v) is 10.2. The Morgan fingerprint density at radius 3 is 2.21 bits per heavy atom. The average molecular weight is 353 g/mol. The predicted octanol–water partition coefficient (Wildman–Crippen LogP) is 2.57. The summed E-state index contributed by atoms with van der Waals surface area (Å²) in [4.78, 5) is 11.9. The molecule has 1 saturated heterocycles. The van der Waals surface area contributed by atoms with Crippen molar-refractivity contribution in [1.29, 1.82) is 0 Å². The zero-order valence-corrected chi connectivity index (χ0v) is 15.4. The van der Waals surface area contributed by atoms with Gasteiger partial charge in [0, 0.05) is 25.6 Å². The van der Waals surface area contributed by atoms with E-state index in [-0.39, 0.29) is 11.8 Å². The Hall–Kier alpha value is -1.40. The molecule has 1 fully saturated rings. The molecule has 0 spiro atoms. The molecule has 1 aromatic carbocycles. The molecule has 0 aliphatic carbocycles. The van der Waals surface area contributed by atoms with Crippen LogP contribution in [0, 0.1) is 5.92 Å². The molecule has 1 aromatic rings. The van der Waals surface area contributed by atoms with Gasteiger partial charge in [0.05, 0.1) is 4.90 Å². The Morgan fingerprint density at radius 1 is 1.08 bits per heavy atom. The summed E-state index contributed by atoms with van der Waals surface area (Å²) in [5.74, 6) is 0.0153. The lowest BCUT2D eigenvalue weighted by Crippen LogP contribution is -2.32. The average Bonchev–Trinajstić information content (AvgIpc) is 2.85. The zero-order valence-electron chi connectivity index (χ0n) is 14.6. The standard InChI is InChI=1S/C18H28N2O3S/c1-15(2)18(21)19-12-11-16-7-9-17(10-8-16)24(22,23)20-13-5-3-4-6-14-20/h7-10,15H,3-6,11-14H2,1-2H3,(H,19,21). The first kappa shape index (κ1) is 18.9.